The molecule has 5 saturated carbocycles. The average Bonchev–Trinajstić information content (AvgIpc) is 3.43. The van der Waals surface area contributed by atoms with Gasteiger partial charge in [0.2, 0.25) is 20.8 Å². The van der Waals surface area contributed by atoms with Crippen molar-refractivity contribution in [2.75, 3.05) is 6.61 Å². The van der Waals surface area contributed by atoms with E-state index in [1.165, 1.54) is 6.42 Å². The van der Waals surface area contributed by atoms with Gasteiger partial charge in [-0.25, -0.2) is 16.8 Å². The van der Waals surface area contributed by atoms with Crippen molar-refractivity contribution in [3.05, 3.63) is 0 Å². The number of hydrogen-bond acceptors (Lipinski definition) is 10. The molecule has 6 unspecified atom stereocenters. The van der Waals surface area contributed by atoms with Crippen LogP contribution in [0.4, 0.5) is 0 Å². The summed E-state index contributed by atoms with van der Waals surface area (Å²) in [7, 11) is -10.3. The fraction of sp³-hybridized carbons (Fsp3) is 1.00. The van der Waals surface area contributed by atoms with Crippen LogP contribution in [-0.2, 0) is 29.2 Å². The molecule has 0 heterocycles. The molecule has 0 aliphatic heterocycles. The summed E-state index contributed by atoms with van der Waals surface area (Å²) in [5.74, 6) is 1.99. The topological polar surface area (TPSA) is 173 Å². The van der Waals surface area contributed by atoms with Gasteiger partial charge >= 0.3 is 59.1 Å². The van der Waals surface area contributed by atoms with E-state index < -0.39 is 44.5 Å². The first kappa shape index (κ1) is 40.1. The Labute approximate surface area is 309 Å². The van der Waals surface area contributed by atoms with Crippen molar-refractivity contribution in [3.63, 3.8) is 0 Å². The first-order chi connectivity index (χ1) is 19.4. The van der Waals surface area contributed by atoms with E-state index in [1.54, 1.807) is 0 Å². The first-order valence-corrected chi connectivity index (χ1v) is 18.6. The van der Waals surface area contributed by atoms with Crippen LogP contribution in [0.3, 0.4) is 0 Å². The molecule has 13 atom stereocenters. The zero-order valence-electron chi connectivity index (χ0n) is 27.6. The molecule has 14 heteroatoms. The zero-order valence-corrected chi connectivity index (χ0v) is 33.2. The van der Waals surface area contributed by atoms with Crippen LogP contribution in [0.1, 0.15) is 98.8 Å². The van der Waals surface area contributed by atoms with Gasteiger partial charge in [0.1, 0.15) is 12.2 Å². The van der Waals surface area contributed by atoms with Gasteiger partial charge in [-0.15, -0.1) is 0 Å². The Morgan fingerprint density at radius 2 is 1.50 bits per heavy atom. The predicted molar refractivity (Wildman–Crippen MR) is 152 cm³/mol. The van der Waals surface area contributed by atoms with E-state index in [4.69, 9.17) is 8.37 Å². The maximum Gasteiger partial charge on any atom is 1.00 e. The van der Waals surface area contributed by atoms with Crippen molar-refractivity contribution in [2.45, 2.75) is 117 Å². The molecule has 10 nitrogen and oxygen atoms in total. The first-order valence-electron chi connectivity index (χ1n) is 15.9. The van der Waals surface area contributed by atoms with Gasteiger partial charge in [-0.05, 0) is 122 Å². The van der Waals surface area contributed by atoms with Crippen molar-refractivity contribution in [1.82, 2.24) is 0 Å². The SMILES string of the molecule is CC(CCC1(C(C)C)CC1C)[C@H]1[C@@H](O)CC2C3CC[C@H]4C[C@H](OS(=O)(=O)[O-])[C@@H](OS(=O)(=O)[O-])C[C@]4(C)C3CC[C@@]21CO.[Na+].[Na+]. The molecule has 0 amide bonds. The van der Waals surface area contributed by atoms with E-state index in [0.29, 0.717) is 17.8 Å². The fourth-order valence-corrected chi connectivity index (χ4v) is 12.5. The molecule has 2 N–H and O–H groups in total. The normalized spacial score (nSPS) is 45.7. The van der Waals surface area contributed by atoms with Crippen molar-refractivity contribution in [1.29, 1.82) is 0 Å². The van der Waals surface area contributed by atoms with Crippen molar-refractivity contribution in [3.8, 4) is 0 Å². The van der Waals surface area contributed by atoms with Crippen molar-refractivity contribution >= 4 is 20.8 Å². The summed E-state index contributed by atoms with van der Waals surface area (Å²) < 4.78 is 78.6. The number of hydrogen-bond donors (Lipinski definition) is 2. The van der Waals surface area contributed by atoms with E-state index in [-0.39, 0.29) is 119 Å². The molecule has 244 valence electrons. The summed E-state index contributed by atoms with van der Waals surface area (Å²) in [4.78, 5) is 0. The van der Waals surface area contributed by atoms with Gasteiger partial charge in [-0.3, -0.25) is 8.37 Å². The van der Waals surface area contributed by atoms with Gasteiger partial charge < -0.3 is 19.3 Å². The molecule has 0 spiro atoms. The van der Waals surface area contributed by atoms with E-state index in [9.17, 15) is 36.2 Å². The number of aliphatic hydroxyl groups excluding tert-OH is 2. The Morgan fingerprint density at radius 1 is 0.909 bits per heavy atom. The second kappa shape index (κ2) is 14.1. The maximum atomic E-state index is 11.6. The number of aliphatic hydroxyl groups is 2. The monoisotopic (exact) mass is 680 g/mol. The third-order valence-corrected chi connectivity index (χ3v) is 14.5. The fourth-order valence-electron chi connectivity index (χ4n) is 11.5. The summed E-state index contributed by atoms with van der Waals surface area (Å²) in [5, 5.41) is 22.6. The van der Waals surface area contributed by atoms with Crippen LogP contribution in [0.15, 0.2) is 0 Å². The van der Waals surface area contributed by atoms with Crippen LogP contribution in [0.25, 0.3) is 0 Å². The molecule has 0 radical (unpaired) electrons. The Morgan fingerprint density at radius 3 is 2.02 bits per heavy atom. The zero-order chi connectivity index (χ0) is 31.0. The quantitative estimate of drug-likeness (QED) is 0.149. The maximum absolute atomic E-state index is 11.6. The predicted octanol–water partition coefficient (Wildman–Crippen LogP) is -2.00. The molecular weight excluding hydrogens is 630 g/mol. The Balaban J connectivity index is 0.00000264. The minimum Gasteiger partial charge on any atom is -0.726 e. The molecule has 0 aromatic carbocycles. The summed E-state index contributed by atoms with van der Waals surface area (Å²) >= 11 is 0. The van der Waals surface area contributed by atoms with Gasteiger partial charge in [-0.2, -0.15) is 0 Å². The smallest absolute Gasteiger partial charge is 0.726 e. The van der Waals surface area contributed by atoms with E-state index in [1.807, 2.05) is 0 Å². The third kappa shape index (κ3) is 7.39. The second-order valence-electron chi connectivity index (χ2n) is 15.5. The Kier molecular flexibility index (Phi) is 12.9. The summed E-state index contributed by atoms with van der Waals surface area (Å²) in [6.07, 6.45) is 4.10. The standard InChI is InChI=1S/C30H52O10S2.2Na/c1-17(2)29(14-19(29)4)10-8-18(3)27-24(32)13-23-21-7-6-20-12-25(39-41(33,34)35)26(40-42(36,37)38)15-28(20,5)22(21)9-11-30(23,27)16-31;;/h17-27,31-32H,6-16H2,1-5H3,(H,33,34,35)(H,36,37,38);;/q;2*+1/p-2/t18?,19?,20-,21?,22?,23?,24-,25-,26-,27-,28-,29?,30+;;/m0../s1. The van der Waals surface area contributed by atoms with Gasteiger partial charge in [0.15, 0.2) is 0 Å². The van der Waals surface area contributed by atoms with Gasteiger partial charge in [0.25, 0.3) is 0 Å². The van der Waals surface area contributed by atoms with Gasteiger partial charge in [0.05, 0.1) is 6.10 Å². The van der Waals surface area contributed by atoms with Crippen LogP contribution in [0.5, 0.6) is 0 Å². The number of rotatable bonds is 10. The molecular formula is C30H50Na2O10S2. The summed E-state index contributed by atoms with van der Waals surface area (Å²) in [6.45, 7) is 11.3. The Bertz CT molecular complexity index is 1230. The van der Waals surface area contributed by atoms with Crippen LogP contribution in [0, 0.1) is 63.6 Å². The summed E-state index contributed by atoms with van der Waals surface area (Å²) in [5.41, 5.74) is -0.472. The van der Waals surface area contributed by atoms with Gasteiger partial charge in [-0.1, -0.05) is 34.6 Å². The van der Waals surface area contributed by atoms with Crippen LogP contribution in [0.2, 0.25) is 0 Å². The number of fused-ring (bicyclic) bond motifs is 5. The molecule has 5 aliphatic carbocycles. The minimum absolute atomic E-state index is 0. The molecule has 0 saturated heterocycles. The van der Waals surface area contributed by atoms with E-state index in [0.717, 1.165) is 44.4 Å². The average molecular weight is 681 g/mol. The second-order valence-corrected chi connectivity index (χ2v) is 17.5. The van der Waals surface area contributed by atoms with Crippen molar-refractivity contribution < 1.29 is 104 Å². The van der Waals surface area contributed by atoms with E-state index in [2.05, 4.69) is 34.6 Å². The summed E-state index contributed by atoms with van der Waals surface area (Å²) in [6, 6.07) is 0. The largest absolute Gasteiger partial charge is 1.00 e. The van der Waals surface area contributed by atoms with Crippen LogP contribution >= 0.6 is 0 Å². The molecule has 0 aromatic rings. The molecule has 5 fully saturated rings. The van der Waals surface area contributed by atoms with Crippen LogP contribution in [-0.4, -0.2) is 61.1 Å². The van der Waals surface area contributed by atoms with Crippen molar-refractivity contribution in [2.24, 2.45) is 63.6 Å². The molecule has 5 aliphatic rings. The van der Waals surface area contributed by atoms with Crippen LogP contribution < -0.4 is 59.1 Å². The third-order valence-electron chi connectivity index (χ3n) is 13.6. The molecule has 5 rings (SSSR count). The minimum atomic E-state index is -5.17. The van der Waals surface area contributed by atoms with Gasteiger partial charge in [0, 0.05) is 12.0 Å². The molecule has 44 heavy (non-hydrogen) atoms. The molecule has 0 bridgehead atoms. The van der Waals surface area contributed by atoms with E-state index >= 15 is 0 Å². The Hall–Kier alpha value is 1.66. The molecule has 0 aromatic heterocycles.